The Hall–Kier alpha value is -1.32. The van der Waals surface area contributed by atoms with Gasteiger partial charge in [0.15, 0.2) is 5.96 Å². The highest BCUT2D eigenvalue weighted by atomic mass is 127. The van der Waals surface area contributed by atoms with E-state index in [0.29, 0.717) is 11.6 Å². The van der Waals surface area contributed by atoms with Crippen LogP contribution in [0.5, 0.6) is 0 Å². The molecular formula is C17H25ClIN5O. The van der Waals surface area contributed by atoms with Crippen LogP contribution in [0.15, 0.2) is 41.7 Å². The van der Waals surface area contributed by atoms with Gasteiger partial charge in [-0.2, -0.15) is 5.10 Å². The molecular weight excluding hydrogens is 453 g/mol. The summed E-state index contributed by atoms with van der Waals surface area (Å²) in [5.74, 6) is 0.794. The molecule has 6 nitrogen and oxygen atoms in total. The number of aryl methyl sites for hydroxylation is 1. The number of nitrogens with one attached hydrogen (secondary N) is 1. The van der Waals surface area contributed by atoms with Crippen molar-refractivity contribution >= 4 is 41.5 Å². The van der Waals surface area contributed by atoms with Gasteiger partial charge in [-0.25, -0.2) is 0 Å². The molecule has 0 saturated carbocycles. The zero-order valence-corrected chi connectivity index (χ0v) is 18.0. The van der Waals surface area contributed by atoms with Crippen molar-refractivity contribution in [2.24, 2.45) is 12.0 Å². The van der Waals surface area contributed by atoms with Crippen LogP contribution >= 0.6 is 35.6 Å². The lowest BCUT2D eigenvalue weighted by Gasteiger charge is -2.24. The van der Waals surface area contributed by atoms with Gasteiger partial charge in [0.05, 0.1) is 12.3 Å². The quantitative estimate of drug-likeness (QED) is 0.395. The van der Waals surface area contributed by atoms with Gasteiger partial charge in [0.1, 0.15) is 0 Å². The number of aromatic nitrogens is 2. The lowest BCUT2D eigenvalue weighted by Crippen LogP contribution is -2.40. The molecule has 0 amide bonds. The van der Waals surface area contributed by atoms with E-state index in [1.807, 2.05) is 55.7 Å². The average Bonchev–Trinajstić information content (AvgIpc) is 2.96. The van der Waals surface area contributed by atoms with E-state index in [1.54, 1.807) is 18.8 Å². The normalized spacial score (nSPS) is 12.4. The number of hydrogen-bond donors (Lipinski definition) is 1. The van der Waals surface area contributed by atoms with Crippen molar-refractivity contribution in [2.75, 3.05) is 27.7 Å². The molecule has 1 unspecified atom stereocenters. The van der Waals surface area contributed by atoms with Crippen molar-refractivity contribution in [3.05, 3.63) is 52.8 Å². The van der Waals surface area contributed by atoms with E-state index in [2.05, 4.69) is 15.4 Å². The van der Waals surface area contributed by atoms with Crippen molar-refractivity contribution in [3.63, 3.8) is 0 Å². The summed E-state index contributed by atoms with van der Waals surface area (Å²) >= 11 is 6.06. The van der Waals surface area contributed by atoms with Gasteiger partial charge in [0.25, 0.3) is 0 Å². The predicted octanol–water partition coefficient (Wildman–Crippen LogP) is 3.09. The molecule has 0 radical (unpaired) electrons. The highest BCUT2D eigenvalue weighted by molar-refractivity contribution is 14.0. The van der Waals surface area contributed by atoms with Gasteiger partial charge in [-0.3, -0.25) is 9.67 Å². The summed E-state index contributed by atoms with van der Waals surface area (Å²) in [6.07, 6.45) is 3.74. The lowest BCUT2D eigenvalue weighted by atomic mass is 10.1. The van der Waals surface area contributed by atoms with E-state index in [4.69, 9.17) is 16.3 Å². The van der Waals surface area contributed by atoms with E-state index in [-0.39, 0.29) is 30.1 Å². The van der Waals surface area contributed by atoms with Crippen LogP contribution in [0.2, 0.25) is 5.02 Å². The molecule has 25 heavy (non-hydrogen) atoms. The van der Waals surface area contributed by atoms with Gasteiger partial charge >= 0.3 is 0 Å². The average molecular weight is 478 g/mol. The van der Waals surface area contributed by atoms with Crippen molar-refractivity contribution in [2.45, 2.75) is 12.6 Å². The largest absolute Gasteiger partial charge is 0.375 e. The molecule has 2 rings (SSSR count). The molecule has 1 atom stereocenters. The highest BCUT2D eigenvalue weighted by Gasteiger charge is 2.14. The number of guanidine groups is 1. The molecule has 1 aromatic carbocycles. The maximum Gasteiger partial charge on any atom is 0.193 e. The third-order valence-corrected chi connectivity index (χ3v) is 3.94. The van der Waals surface area contributed by atoms with Crippen LogP contribution in [-0.2, 0) is 18.3 Å². The first-order chi connectivity index (χ1) is 11.5. The van der Waals surface area contributed by atoms with Crippen LogP contribution < -0.4 is 5.32 Å². The molecule has 0 spiro atoms. The molecule has 1 N–H and O–H groups in total. The van der Waals surface area contributed by atoms with Gasteiger partial charge in [-0.1, -0.05) is 23.7 Å². The smallest absolute Gasteiger partial charge is 0.193 e. The Labute approximate surface area is 171 Å². The third-order valence-electron chi connectivity index (χ3n) is 3.70. The van der Waals surface area contributed by atoms with E-state index in [1.165, 1.54) is 0 Å². The van der Waals surface area contributed by atoms with Gasteiger partial charge in [-0.05, 0) is 17.7 Å². The van der Waals surface area contributed by atoms with Crippen LogP contribution in [0.25, 0.3) is 0 Å². The summed E-state index contributed by atoms with van der Waals surface area (Å²) < 4.78 is 7.37. The van der Waals surface area contributed by atoms with Crippen molar-refractivity contribution < 1.29 is 4.74 Å². The molecule has 2 aromatic rings. The Morgan fingerprint density at radius 2 is 2.24 bits per heavy atom. The summed E-state index contributed by atoms with van der Waals surface area (Å²) in [5.41, 5.74) is 2.16. The molecule has 0 aliphatic carbocycles. The number of hydrogen-bond acceptors (Lipinski definition) is 3. The maximum atomic E-state index is 6.06. The van der Waals surface area contributed by atoms with Crippen LogP contribution in [-0.4, -0.2) is 48.4 Å². The monoisotopic (exact) mass is 477 g/mol. The Morgan fingerprint density at radius 1 is 1.48 bits per heavy atom. The van der Waals surface area contributed by atoms with Crippen LogP contribution in [0.1, 0.15) is 17.2 Å². The first-order valence-corrected chi connectivity index (χ1v) is 8.09. The third kappa shape index (κ3) is 6.48. The second-order valence-corrected chi connectivity index (χ2v) is 6.02. The van der Waals surface area contributed by atoms with Gasteiger partial charge in [0.2, 0.25) is 0 Å². The second-order valence-electron chi connectivity index (χ2n) is 5.59. The fourth-order valence-corrected chi connectivity index (χ4v) is 2.71. The van der Waals surface area contributed by atoms with E-state index < -0.39 is 0 Å². The highest BCUT2D eigenvalue weighted by Crippen LogP contribution is 2.19. The zero-order valence-electron chi connectivity index (χ0n) is 14.9. The molecule has 0 aliphatic heterocycles. The number of benzene rings is 1. The molecule has 0 saturated heterocycles. The fourth-order valence-electron chi connectivity index (χ4n) is 2.52. The minimum atomic E-state index is -0.104. The van der Waals surface area contributed by atoms with Gasteiger partial charge in [-0.15, -0.1) is 24.0 Å². The summed E-state index contributed by atoms with van der Waals surface area (Å²) in [4.78, 5) is 6.37. The molecule has 1 aromatic heterocycles. The first kappa shape index (κ1) is 21.7. The predicted molar refractivity (Wildman–Crippen MR) is 113 cm³/mol. The van der Waals surface area contributed by atoms with Crippen LogP contribution in [0.4, 0.5) is 0 Å². The lowest BCUT2D eigenvalue weighted by molar-refractivity contribution is 0.106. The minimum Gasteiger partial charge on any atom is -0.375 e. The summed E-state index contributed by atoms with van der Waals surface area (Å²) in [6, 6.07) is 7.70. The molecule has 1 heterocycles. The summed E-state index contributed by atoms with van der Waals surface area (Å²) in [6.45, 7) is 1.32. The molecule has 138 valence electrons. The Morgan fingerprint density at radius 3 is 2.80 bits per heavy atom. The first-order valence-electron chi connectivity index (χ1n) is 7.71. The van der Waals surface area contributed by atoms with E-state index in [0.717, 1.165) is 23.6 Å². The zero-order chi connectivity index (χ0) is 17.5. The molecule has 0 aliphatic rings. The van der Waals surface area contributed by atoms with E-state index >= 15 is 0 Å². The second kappa shape index (κ2) is 10.6. The Balaban J connectivity index is 0.00000312. The summed E-state index contributed by atoms with van der Waals surface area (Å²) in [5, 5.41) is 8.23. The number of aliphatic imine (C=N–C) groups is 1. The fraction of sp³-hybridized carbons (Fsp3) is 0.412. The van der Waals surface area contributed by atoms with Crippen molar-refractivity contribution in [1.82, 2.24) is 20.0 Å². The molecule has 0 bridgehead atoms. The number of nitrogens with zero attached hydrogens (tertiary/aromatic N) is 4. The van der Waals surface area contributed by atoms with Gasteiger partial charge in [0, 0.05) is 58.1 Å². The van der Waals surface area contributed by atoms with Gasteiger partial charge < -0.3 is 15.0 Å². The minimum absolute atomic E-state index is 0. The SMILES string of the molecule is CN=C(NCC(OC)c1cccc(Cl)c1)N(C)Cc1cnn(C)c1.I. The Bertz CT molecular complexity index is 691. The standard InChI is InChI=1S/C17H24ClN5O.HI/c1-19-17(22(2)11-13-9-21-23(3)12-13)20-10-16(24-4)14-6-5-7-15(18)8-14;/h5-9,12,16H,10-11H2,1-4H3,(H,19,20);1H. The van der Waals surface area contributed by atoms with Crippen LogP contribution in [0, 0.1) is 0 Å². The maximum absolute atomic E-state index is 6.06. The van der Waals surface area contributed by atoms with Crippen molar-refractivity contribution in [3.8, 4) is 0 Å². The topological polar surface area (TPSA) is 54.7 Å². The number of methoxy groups -OCH3 is 1. The number of ether oxygens (including phenoxy) is 1. The number of rotatable bonds is 6. The summed E-state index contributed by atoms with van der Waals surface area (Å²) in [7, 11) is 7.35. The van der Waals surface area contributed by atoms with Crippen molar-refractivity contribution in [1.29, 1.82) is 0 Å². The molecule has 0 fully saturated rings. The number of halogens is 2. The molecule has 8 heteroatoms. The van der Waals surface area contributed by atoms with E-state index in [9.17, 15) is 0 Å². The Kier molecular flexibility index (Phi) is 9.23. The van der Waals surface area contributed by atoms with Crippen LogP contribution in [0.3, 0.4) is 0 Å².